The molecule has 1 N–H and O–H groups in total. The number of nitrogens with zero attached hydrogens (tertiary/aromatic N) is 1. The fourth-order valence-electron chi connectivity index (χ4n) is 3.62. The lowest BCUT2D eigenvalue weighted by Gasteiger charge is -2.16. The van der Waals surface area contributed by atoms with Crippen molar-refractivity contribution in [1.29, 1.82) is 0 Å². The van der Waals surface area contributed by atoms with Crippen LogP contribution in [0.25, 0.3) is 5.57 Å². The standard InChI is InChI=1S/C26H23ClN2O3/c1-3-17-9-13-19(14-10-17)28-24-23(18-11-15-20(16-12-18)32-4-2)25(30)29(26(24)31)22-8-6-5-7-21(22)27/h5-16,28H,3-4H2,1-2H3. The molecule has 0 saturated carbocycles. The number of ether oxygens (including phenoxy) is 1. The summed E-state index contributed by atoms with van der Waals surface area (Å²) in [6.07, 6.45) is 0.915. The maximum atomic E-state index is 13.5. The highest BCUT2D eigenvalue weighted by atomic mass is 35.5. The summed E-state index contributed by atoms with van der Waals surface area (Å²) in [5, 5.41) is 3.50. The van der Waals surface area contributed by atoms with E-state index in [1.807, 2.05) is 31.2 Å². The van der Waals surface area contributed by atoms with E-state index in [0.717, 1.165) is 17.0 Å². The van der Waals surface area contributed by atoms with Gasteiger partial charge < -0.3 is 10.1 Å². The van der Waals surface area contributed by atoms with Gasteiger partial charge >= 0.3 is 0 Å². The van der Waals surface area contributed by atoms with Gasteiger partial charge in [-0.05, 0) is 60.9 Å². The normalized spacial score (nSPS) is 13.7. The number of nitrogens with one attached hydrogen (secondary N) is 1. The second kappa shape index (κ2) is 9.28. The predicted molar refractivity (Wildman–Crippen MR) is 128 cm³/mol. The summed E-state index contributed by atoms with van der Waals surface area (Å²) in [6.45, 7) is 4.53. The summed E-state index contributed by atoms with van der Waals surface area (Å²) in [4.78, 5) is 28.1. The van der Waals surface area contributed by atoms with E-state index < -0.39 is 11.8 Å². The molecule has 32 heavy (non-hydrogen) atoms. The molecule has 0 aromatic heterocycles. The van der Waals surface area contributed by atoms with Gasteiger partial charge in [0.2, 0.25) is 0 Å². The van der Waals surface area contributed by atoms with Crippen LogP contribution in [0.5, 0.6) is 5.75 Å². The van der Waals surface area contributed by atoms with Gasteiger partial charge in [-0.2, -0.15) is 0 Å². The van der Waals surface area contributed by atoms with Crippen molar-refractivity contribution in [3.63, 3.8) is 0 Å². The van der Waals surface area contributed by atoms with Crippen molar-refractivity contribution >= 4 is 40.4 Å². The molecule has 0 bridgehead atoms. The molecule has 6 heteroatoms. The summed E-state index contributed by atoms with van der Waals surface area (Å²) >= 11 is 6.32. The monoisotopic (exact) mass is 446 g/mol. The first kappa shape index (κ1) is 21.7. The number of imide groups is 1. The van der Waals surface area contributed by atoms with Crippen LogP contribution in [0.15, 0.2) is 78.5 Å². The maximum Gasteiger partial charge on any atom is 0.282 e. The van der Waals surface area contributed by atoms with Crippen molar-refractivity contribution < 1.29 is 14.3 Å². The summed E-state index contributed by atoms with van der Waals surface area (Å²) in [7, 11) is 0. The molecule has 1 aliphatic heterocycles. The van der Waals surface area contributed by atoms with E-state index in [1.165, 1.54) is 5.56 Å². The van der Waals surface area contributed by atoms with E-state index in [9.17, 15) is 9.59 Å². The molecule has 0 fully saturated rings. The predicted octanol–water partition coefficient (Wildman–Crippen LogP) is 5.70. The number of carbonyl (C=O) groups excluding carboxylic acids is 2. The van der Waals surface area contributed by atoms with E-state index in [0.29, 0.717) is 28.6 Å². The first-order chi connectivity index (χ1) is 15.5. The van der Waals surface area contributed by atoms with E-state index in [2.05, 4.69) is 12.2 Å². The average molecular weight is 447 g/mol. The molecule has 5 nitrogen and oxygen atoms in total. The lowest BCUT2D eigenvalue weighted by molar-refractivity contribution is -0.120. The quantitative estimate of drug-likeness (QED) is 0.473. The number of hydrogen-bond acceptors (Lipinski definition) is 4. The number of para-hydroxylation sites is 1. The van der Waals surface area contributed by atoms with Crippen molar-refractivity contribution in [1.82, 2.24) is 0 Å². The van der Waals surface area contributed by atoms with Gasteiger partial charge in [0.25, 0.3) is 11.8 Å². The van der Waals surface area contributed by atoms with Crippen LogP contribution in [0.4, 0.5) is 11.4 Å². The molecule has 4 rings (SSSR count). The Hall–Kier alpha value is -3.57. The Kier molecular flexibility index (Phi) is 6.28. The zero-order chi connectivity index (χ0) is 22.7. The SMILES string of the molecule is CCOc1ccc(C2=C(Nc3ccc(CC)cc3)C(=O)N(c3ccccc3Cl)C2=O)cc1. The van der Waals surface area contributed by atoms with Gasteiger partial charge in [-0.1, -0.05) is 54.9 Å². The molecule has 0 atom stereocenters. The van der Waals surface area contributed by atoms with Gasteiger partial charge in [0.05, 0.1) is 22.9 Å². The molecule has 1 heterocycles. The number of amides is 2. The molecule has 0 aliphatic carbocycles. The number of rotatable bonds is 7. The van der Waals surface area contributed by atoms with Crippen molar-refractivity contribution in [2.75, 3.05) is 16.8 Å². The molecule has 3 aromatic rings. The van der Waals surface area contributed by atoms with Crippen molar-refractivity contribution in [2.45, 2.75) is 20.3 Å². The Morgan fingerprint density at radius 2 is 1.56 bits per heavy atom. The lowest BCUT2D eigenvalue weighted by Crippen LogP contribution is -2.32. The molecular formula is C26H23ClN2O3. The summed E-state index contributed by atoms with van der Waals surface area (Å²) in [6, 6.07) is 21.7. The highest BCUT2D eigenvalue weighted by Gasteiger charge is 2.41. The number of aryl methyl sites for hydroxylation is 1. The van der Waals surface area contributed by atoms with Crippen molar-refractivity contribution in [3.05, 3.63) is 94.6 Å². The van der Waals surface area contributed by atoms with Crippen molar-refractivity contribution in [3.8, 4) is 5.75 Å². The lowest BCUT2D eigenvalue weighted by atomic mass is 10.0. The molecule has 0 saturated heterocycles. The second-order valence-corrected chi connectivity index (χ2v) is 7.69. The Morgan fingerprint density at radius 3 is 2.19 bits per heavy atom. The van der Waals surface area contributed by atoms with Crippen LogP contribution in [0.3, 0.4) is 0 Å². The van der Waals surface area contributed by atoms with Gasteiger partial charge in [-0.25, -0.2) is 4.90 Å². The van der Waals surface area contributed by atoms with Crippen LogP contribution in [-0.4, -0.2) is 18.4 Å². The minimum absolute atomic E-state index is 0.211. The van der Waals surface area contributed by atoms with Crippen molar-refractivity contribution in [2.24, 2.45) is 0 Å². The molecule has 2 amide bonds. The van der Waals surface area contributed by atoms with Crippen LogP contribution in [0.2, 0.25) is 5.02 Å². The molecule has 0 radical (unpaired) electrons. The van der Waals surface area contributed by atoms with Crippen LogP contribution < -0.4 is 15.0 Å². The first-order valence-electron chi connectivity index (χ1n) is 10.5. The third-order valence-corrected chi connectivity index (χ3v) is 5.58. The summed E-state index contributed by atoms with van der Waals surface area (Å²) < 4.78 is 5.51. The Labute approximate surface area is 192 Å². The largest absolute Gasteiger partial charge is 0.494 e. The second-order valence-electron chi connectivity index (χ2n) is 7.28. The third-order valence-electron chi connectivity index (χ3n) is 5.26. The average Bonchev–Trinajstić information content (AvgIpc) is 3.05. The summed E-state index contributed by atoms with van der Waals surface area (Å²) in [5.74, 6) is -0.187. The van der Waals surface area contributed by atoms with E-state index >= 15 is 0 Å². The highest BCUT2D eigenvalue weighted by Crippen LogP contribution is 2.37. The van der Waals surface area contributed by atoms with E-state index in [-0.39, 0.29) is 11.3 Å². The van der Waals surface area contributed by atoms with Gasteiger partial charge in [-0.15, -0.1) is 0 Å². The van der Waals surface area contributed by atoms with E-state index in [4.69, 9.17) is 16.3 Å². The fourth-order valence-corrected chi connectivity index (χ4v) is 3.84. The molecule has 3 aromatic carbocycles. The van der Waals surface area contributed by atoms with Crippen LogP contribution in [-0.2, 0) is 16.0 Å². The van der Waals surface area contributed by atoms with Gasteiger partial charge in [0.1, 0.15) is 11.4 Å². The zero-order valence-corrected chi connectivity index (χ0v) is 18.6. The number of anilines is 2. The smallest absolute Gasteiger partial charge is 0.282 e. The Bertz CT molecular complexity index is 1180. The van der Waals surface area contributed by atoms with Gasteiger partial charge in [0.15, 0.2) is 0 Å². The van der Waals surface area contributed by atoms with Gasteiger partial charge in [0, 0.05) is 5.69 Å². The fraction of sp³-hybridized carbons (Fsp3) is 0.154. The van der Waals surface area contributed by atoms with Crippen LogP contribution in [0, 0.1) is 0 Å². The number of hydrogen-bond donors (Lipinski definition) is 1. The number of carbonyl (C=O) groups is 2. The Morgan fingerprint density at radius 1 is 0.875 bits per heavy atom. The third kappa shape index (κ3) is 4.12. The topological polar surface area (TPSA) is 58.6 Å². The minimum Gasteiger partial charge on any atom is -0.494 e. The summed E-state index contributed by atoms with van der Waals surface area (Å²) in [5.41, 5.74) is 3.38. The molecule has 162 valence electrons. The van der Waals surface area contributed by atoms with E-state index in [1.54, 1.807) is 48.5 Å². The van der Waals surface area contributed by atoms with Gasteiger partial charge in [-0.3, -0.25) is 9.59 Å². The molecule has 1 aliphatic rings. The number of halogens is 1. The first-order valence-corrected chi connectivity index (χ1v) is 10.9. The maximum absolute atomic E-state index is 13.5. The number of benzene rings is 3. The van der Waals surface area contributed by atoms with Crippen LogP contribution >= 0.6 is 11.6 Å². The highest BCUT2D eigenvalue weighted by molar-refractivity contribution is 6.48. The minimum atomic E-state index is -0.452. The van der Waals surface area contributed by atoms with Crippen LogP contribution in [0.1, 0.15) is 25.0 Å². The zero-order valence-electron chi connectivity index (χ0n) is 17.9. The Balaban J connectivity index is 1.78. The molecule has 0 unspecified atom stereocenters. The molecule has 0 spiro atoms. The molecular weight excluding hydrogens is 424 g/mol.